The first-order valence-electron chi connectivity index (χ1n) is 7.05. The summed E-state index contributed by atoms with van der Waals surface area (Å²) in [7, 11) is 0. The molecule has 0 spiro atoms. The smallest absolute Gasteiger partial charge is 0.0525 e. The lowest BCUT2D eigenvalue weighted by Crippen LogP contribution is -2.35. The van der Waals surface area contributed by atoms with Crippen LogP contribution in [0.1, 0.15) is 0 Å². The highest BCUT2D eigenvalue weighted by molar-refractivity contribution is 9.10. The van der Waals surface area contributed by atoms with Crippen molar-refractivity contribution in [2.45, 2.75) is 9.79 Å². The van der Waals surface area contributed by atoms with Gasteiger partial charge < -0.3 is 10.2 Å². The Bertz CT molecular complexity index is 582. The molecule has 2 nitrogen and oxygen atoms in total. The van der Waals surface area contributed by atoms with Crippen molar-refractivity contribution in [1.29, 1.82) is 0 Å². The van der Waals surface area contributed by atoms with Gasteiger partial charge in [0.1, 0.15) is 0 Å². The zero-order chi connectivity index (χ0) is 16.7. The Morgan fingerprint density at radius 2 is 1.22 bits per heavy atom. The van der Waals surface area contributed by atoms with E-state index in [1.807, 2.05) is 48.5 Å². The maximum absolute atomic E-state index is 9.84. The molecule has 23 heavy (non-hydrogen) atoms. The molecule has 2 rings (SSSR count). The molecule has 0 atom stereocenters. The molecule has 0 saturated heterocycles. The van der Waals surface area contributed by atoms with Gasteiger partial charge in [-0.2, -0.15) is 0 Å². The number of hydrogen-bond acceptors (Lipinski definition) is 4. The van der Waals surface area contributed by atoms with E-state index in [1.165, 1.54) is 0 Å². The van der Waals surface area contributed by atoms with Gasteiger partial charge in [-0.3, -0.25) is 0 Å². The molecule has 0 radical (unpaired) electrons. The van der Waals surface area contributed by atoms with Crippen LogP contribution in [0.2, 0.25) is 0 Å². The summed E-state index contributed by atoms with van der Waals surface area (Å²) in [5, 5.41) is 19.7. The molecule has 0 aliphatic carbocycles. The second-order valence-electron chi connectivity index (χ2n) is 5.31. The SMILES string of the molecule is OCC(CO)(CSc1cccc(Br)c1)CSc1cccc(Br)c1. The third-order valence-corrected chi connectivity index (χ3v) is 7.03. The minimum atomic E-state index is -0.514. The van der Waals surface area contributed by atoms with Crippen molar-refractivity contribution in [3.63, 3.8) is 0 Å². The van der Waals surface area contributed by atoms with Crippen molar-refractivity contribution < 1.29 is 10.2 Å². The van der Waals surface area contributed by atoms with Gasteiger partial charge in [0.05, 0.1) is 13.2 Å². The second-order valence-corrected chi connectivity index (χ2v) is 9.24. The van der Waals surface area contributed by atoms with Crippen LogP contribution < -0.4 is 0 Å². The molecule has 2 aromatic rings. The van der Waals surface area contributed by atoms with Gasteiger partial charge in [0, 0.05) is 35.7 Å². The van der Waals surface area contributed by atoms with E-state index < -0.39 is 5.41 Å². The molecule has 6 heteroatoms. The average molecular weight is 478 g/mol. The Morgan fingerprint density at radius 3 is 1.57 bits per heavy atom. The summed E-state index contributed by atoms with van der Waals surface area (Å²) in [6.07, 6.45) is 0. The number of thioether (sulfide) groups is 2. The van der Waals surface area contributed by atoms with Crippen LogP contribution in [0.5, 0.6) is 0 Å². The minimum absolute atomic E-state index is 0.0362. The van der Waals surface area contributed by atoms with Crippen LogP contribution in [0.25, 0.3) is 0 Å². The summed E-state index contributed by atoms with van der Waals surface area (Å²) >= 11 is 10.2. The van der Waals surface area contributed by atoms with Gasteiger partial charge in [-0.05, 0) is 36.4 Å². The monoisotopic (exact) mass is 476 g/mol. The van der Waals surface area contributed by atoms with Gasteiger partial charge in [-0.1, -0.05) is 44.0 Å². The van der Waals surface area contributed by atoms with Crippen molar-refractivity contribution in [3.05, 3.63) is 57.5 Å². The summed E-state index contributed by atoms with van der Waals surface area (Å²) in [6, 6.07) is 16.1. The molecule has 2 N–H and O–H groups in total. The lowest BCUT2D eigenvalue weighted by molar-refractivity contribution is 0.0933. The normalized spacial score (nSPS) is 11.7. The van der Waals surface area contributed by atoms with Gasteiger partial charge in [0.15, 0.2) is 0 Å². The van der Waals surface area contributed by atoms with Gasteiger partial charge in [0.25, 0.3) is 0 Å². The topological polar surface area (TPSA) is 40.5 Å². The van der Waals surface area contributed by atoms with Crippen LogP contribution >= 0.6 is 55.4 Å². The van der Waals surface area contributed by atoms with Crippen LogP contribution in [0.4, 0.5) is 0 Å². The van der Waals surface area contributed by atoms with Crippen molar-refractivity contribution in [2.24, 2.45) is 5.41 Å². The molecule has 0 fully saturated rings. The zero-order valence-corrected chi connectivity index (χ0v) is 17.2. The van der Waals surface area contributed by atoms with Crippen molar-refractivity contribution in [3.8, 4) is 0 Å². The van der Waals surface area contributed by atoms with Gasteiger partial charge in [-0.15, -0.1) is 23.5 Å². The summed E-state index contributed by atoms with van der Waals surface area (Å²) in [5.41, 5.74) is -0.514. The molecule has 2 aromatic carbocycles. The maximum Gasteiger partial charge on any atom is 0.0525 e. The Morgan fingerprint density at radius 1 is 0.783 bits per heavy atom. The lowest BCUT2D eigenvalue weighted by Gasteiger charge is -2.29. The third-order valence-electron chi connectivity index (χ3n) is 3.35. The van der Waals surface area contributed by atoms with E-state index in [-0.39, 0.29) is 13.2 Å². The number of halogens is 2. The number of aliphatic hydroxyl groups is 2. The van der Waals surface area contributed by atoms with Gasteiger partial charge in [0.2, 0.25) is 0 Å². The number of hydrogen-bond donors (Lipinski definition) is 2. The average Bonchev–Trinajstić information content (AvgIpc) is 2.56. The predicted molar refractivity (Wildman–Crippen MR) is 106 cm³/mol. The highest BCUT2D eigenvalue weighted by atomic mass is 79.9. The maximum atomic E-state index is 9.84. The third kappa shape index (κ3) is 6.11. The molecule has 0 aromatic heterocycles. The van der Waals surface area contributed by atoms with E-state index in [9.17, 15) is 10.2 Å². The standard InChI is InChI=1S/C17H18Br2O2S2/c18-13-3-1-5-15(7-13)22-11-17(9-20,10-21)12-23-16-6-2-4-14(19)8-16/h1-8,20-21H,9-12H2. The molecule has 0 aliphatic heterocycles. The lowest BCUT2D eigenvalue weighted by atomic mass is 9.96. The Hall–Kier alpha value is 0.0200. The van der Waals surface area contributed by atoms with Crippen LogP contribution in [0, 0.1) is 5.41 Å². The van der Waals surface area contributed by atoms with E-state index in [0.29, 0.717) is 11.5 Å². The fraction of sp³-hybridized carbons (Fsp3) is 0.294. The first kappa shape index (κ1) is 19.3. The Kier molecular flexibility index (Phi) is 7.98. The van der Waals surface area contributed by atoms with E-state index in [4.69, 9.17) is 0 Å². The van der Waals surface area contributed by atoms with Crippen molar-refractivity contribution in [1.82, 2.24) is 0 Å². The number of rotatable bonds is 8. The molecule has 0 unspecified atom stereocenters. The van der Waals surface area contributed by atoms with Crippen LogP contribution in [-0.2, 0) is 0 Å². The van der Waals surface area contributed by atoms with Crippen LogP contribution in [-0.4, -0.2) is 34.9 Å². The fourth-order valence-corrected chi connectivity index (χ4v) is 5.38. The summed E-state index contributed by atoms with van der Waals surface area (Å²) in [6.45, 7) is -0.0724. The highest BCUT2D eigenvalue weighted by Crippen LogP contribution is 2.34. The van der Waals surface area contributed by atoms with E-state index in [1.54, 1.807) is 23.5 Å². The zero-order valence-electron chi connectivity index (χ0n) is 12.4. The highest BCUT2D eigenvalue weighted by Gasteiger charge is 2.29. The van der Waals surface area contributed by atoms with E-state index >= 15 is 0 Å². The molecular weight excluding hydrogens is 460 g/mol. The fourth-order valence-electron chi connectivity index (χ4n) is 1.86. The van der Waals surface area contributed by atoms with Crippen molar-refractivity contribution >= 4 is 55.4 Å². The second kappa shape index (κ2) is 9.49. The first-order chi connectivity index (χ1) is 11.1. The Balaban J connectivity index is 2.00. The molecule has 0 aliphatic rings. The van der Waals surface area contributed by atoms with E-state index in [2.05, 4.69) is 31.9 Å². The first-order valence-corrected chi connectivity index (χ1v) is 10.6. The summed E-state index contributed by atoms with van der Waals surface area (Å²) in [5.74, 6) is 1.33. The molecular formula is C17H18Br2O2S2. The van der Waals surface area contributed by atoms with Crippen LogP contribution in [0.3, 0.4) is 0 Å². The molecule has 124 valence electrons. The van der Waals surface area contributed by atoms with Crippen LogP contribution in [0.15, 0.2) is 67.3 Å². The largest absolute Gasteiger partial charge is 0.396 e. The van der Waals surface area contributed by atoms with Gasteiger partial charge >= 0.3 is 0 Å². The Labute approximate surface area is 162 Å². The molecule has 0 heterocycles. The number of aliphatic hydroxyl groups excluding tert-OH is 2. The molecule has 0 bridgehead atoms. The summed E-state index contributed by atoms with van der Waals surface area (Å²) in [4.78, 5) is 2.25. The predicted octanol–water partition coefficient (Wildman–Crippen LogP) is 5.07. The molecule has 0 saturated carbocycles. The molecule has 0 amide bonds. The summed E-state index contributed by atoms with van der Waals surface area (Å²) < 4.78 is 2.06. The van der Waals surface area contributed by atoms with Crippen molar-refractivity contribution in [2.75, 3.05) is 24.7 Å². The quantitative estimate of drug-likeness (QED) is 0.521. The minimum Gasteiger partial charge on any atom is -0.396 e. The van der Waals surface area contributed by atoms with E-state index in [0.717, 1.165) is 18.7 Å². The van der Waals surface area contributed by atoms with Gasteiger partial charge in [-0.25, -0.2) is 0 Å². The number of benzene rings is 2.